The van der Waals surface area contributed by atoms with Gasteiger partial charge in [-0.2, -0.15) is 0 Å². The van der Waals surface area contributed by atoms with Gasteiger partial charge in [-0.3, -0.25) is 4.79 Å². The van der Waals surface area contributed by atoms with Crippen LogP contribution in [0.2, 0.25) is 0 Å². The number of ether oxygens (including phenoxy) is 3. The zero-order valence-corrected chi connectivity index (χ0v) is 23.9. The van der Waals surface area contributed by atoms with Crippen molar-refractivity contribution >= 4 is 22.5 Å². The first kappa shape index (κ1) is 26.1. The van der Waals surface area contributed by atoms with Gasteiger partial charge in [-0.1, -0.05) is 57.2 Å². The van der Waals surface area contributed by atoms with E-state index in [-0.39, 0.29) is 41.3 Å². The molecule has 1 spiro atoms. The van der Waals surface area contributed by atoms with Crippen molar-refractivity contribution < 1.29 is 28.9 Å². The molecule has 4 aliphatic carbocycles. The highest BCUT2D eigenvalue weighted by Gasteiger charge is 2.77. The summed E-state index contributed by atoms with van der Waals surface area (Å²) in [5.74, 6) is -1.67. The lowest BCUT2D eigenvalue weighted by molar-refractivity contribution is -0.302. The van der Waals surface area contributed by atoms with Gasteiger partial charge in [0.05, 0.1) is 12.0 Å². The molecular weight excluding hydrogens is 506 g/mol. The van der Waals surface area contributed by atoms with Crippen LogP contribution in [-0.4, -0.2) is 52.0 Å². The van der Waals surface area contributed by atoms with E-state index in [1.54, 1.807) is 6.20 Å². The standard InChI is InChI=1S/C33H37NO6/c1-17-15-32-18(2)13-23-24(30(23,3)4)22(26(32)35)14-20-16-38-31(5,6)40-28(20)33(32,37)27(17)39-29(36)25-21-10-8-7-9-19(21)11-12-34-25/h7-12,14-15,18,22-24,27-28,37H,13,16H2,1-6H3/t18?,22-,23+,24-,27-,28+,32?,33+/m0/s1. The molecule has 7 rings (SSSR count). The third-order valence-electron chi connectivity index (χ3n) is 10.8. The second-order valence-corrected chi connectivity index (χ2v) is 13.7. The van der Waals surface area contributed by atoms with Crippen molar-refractivity contribution in [3.05, 3.63) is 65.5 Å². The van der Waals surface area contributed by atoms with Gasteiger partial charge in [0.15, 0.2) is 29.0 Å². The molecule has 2 unspecified atom stereocenters. The van der Waals surface area contributed by atoms with Crippen molar-refractivity contribution in [3.63, 3.8) is 0 Å². The van der Waals surface area contributed by atoms with Crippen LogP contribution in [0, 0.1) is 34.5 Å². The Morgan fingerprint density at radius 1 is 1.15 bits per heavy atom. The smallest absolute Gasteiger partial charge is 0.358 e. The molecule has 0 amide bonds. The van der Waals surface area contributed by atoms with E-state index in [1.807, 2.05) is 63.3 Å². The molecule has 7 nitrogen and oxygen atoms in total. The minimum Gasteiger partial charge on any atom is -0.450 e. The minimum absolute atomic E-state index is 0.00920. The first-order valence-electron chi connectivity index (χ1n) is 14.4. The van der Waals surface area contributed by atoms with Crippen LogP contribution in [0.15, 0.2) is 59.8 Å². The van der Waals surface area contributed by atoms with Crippen molar-refractivity contribution in [2.75, 3.05) is 6.61 Å². The Kier molecular flexibility index (Phi) is 5.29. The summed E-state index contributed by atoms with van der Waals surface area (Å²) in [7, 11) is 0. The molecule has 2 bridgehead atoms. The maximum absolute atomic E-state index is 14.8. The number of pyridine rings is 1. The van der Waals surface area contributed by atoms with Crippen LogP contribution in [0.3, 0.4) is 0 Å². The van der Waals surface area contributed by atoms with E-state index < -0.39 is 35.0 Å². The predicted molar refractivity (Wildman–Crippen MR) is 148 cm³/mol. The molecular formula is C33H37NO6. The van der Waals surface area contributed by atoms with E-state index in [0.29, 0.717) is 16.9 Å². The Bertz CT molecular complexity index is 1520. The van der Waals surface area contributed by atoms with Crippen molar-refractivity contribution in [3.8, 4) is 0 Å². The summed E-state index contributed by atoms with van der Waals surface area (Å²) in [6, 6.07) is 9.34. The molecule has 5 aliphatic rings. The van der Waals surface area contributed by atoms with Crippen LogP contribution >= 0.6 is 0 Å². The molecule has 2 heterocycles. The molecule has 2 aromatic rings. The quantitative estimate of drug-likeness (QED) is 0.420. The molecule has 3 fully saturated rings. The number of nitrogens with zero attached hydrogens (tertiary/aromatic N) is 1. The predicted octanol–water partition coefficient (Wildman–Crippen LogP) is 5.03. The van der Waals surface area contributed by atoms with Crippen LogP contribution in [0.25, 0.3) is 10.8 Å². The fourth-order valence-corrected chi connectivity index (χ4v) is 8.74. The first-order valence-corrected chi connectivity index (χ1v) is 14.4. The van der Waals surface area contributed by atoms with E-state index >= 15 is 0 Å². The Morgan fingerprint density at radius 2 is 1.90 bits per heavy atom. The van der Waals surface area contributed by atoms with Gasteiger partial charge in [0, 0.05) is 17.5 Å². The number of aliphatic hydroxyl groups is 1. The highest BCUT2D eigenvalue weighted by atomic mass is 16.7. The van der Waals surface area contributed by atoms with E-state index in [0.717, 1.165) is 17.4 Å². The summed E-state index contributed by atoms with van der Waals surface area (Å²) >= 11 is 0. The number of rotatable bonds is 2. The molecule has 1 aromatic carbocycles. The van der Waals surface area contributed by atoms with Gasteiger partial charge in [0.1, 0.15) is 6.10 Å². The topological polar surface area (TPSA) is 95.0 Å². The zero-order valence-electron chi connectivity index (χ0n) is 23.9. The number of hydrogen-bond donors (Lipinski definition) is 1. The number of aromatic nitrogens is 1. The summed E-state index contributed by atoms with van der Waals surface area (Å²) in [6.07, 6.45) is 4.31. The van der Waals surface area contributed by atoms with Gasteiger partial charge >= 0.3 is 5.97 Å². The fraction of sp³-hybridized carbons (Fsp3) is 0.545. The van der Waals surface area contributed by atoms with Crippen LogP contribution < -0.4 is 0 Å². The maximum Gasteiger partial charge on any atom is 0.358 e. The number of esters is 1. The average Bonchev–Trinajstić information content (AvgIpc) is 3.40. The Labute approximate surface area is 234 Å². The molecule has 8 atom stereocenters. The van der Waals surface area contributed by atoms with Crippen molar-refractivity contribution in [2.45, 2.75) is 71.6 Å². The minimum atomic E-state index is -1.85. The van der Waals surface area contributed by atoms with Crippen molar-refractivity contribution in [1.29, 1.82) is 0 Å². The molecule has 7 heteroatoms. The highest BCUT2D eigenvalue weighted by Crippen LogP contribution is 2.72. The number of fused-ring (bicyclic) bond motifs is 6. The molecule has 1 aliphatic heterocycles. The Balaban J connectivity index is 1.38. The maximum atomic E-state index is 14.8. The molecule has 1 aromatic heterocycles. The summed E-state index contributed by atoms with van der Waals surface area (Å²) in [5.41, 5.74) is -1.53. The van der Waals surface area contributed by atoms with Crippen LogP contribution in [0.1, 0.15) is 58.5 Å². The SMILES string of the molecule is CC1=CC23C(=O)[C@@H](C=C4COC(C)(C)O[C@H]4[C@]2(O)[C@H]1OC(=O)c1nccc2ccccc12)[C@H]1[C@@H](CC3C)C1(C)C. The van der Waals surface area contributed by atoms with E-state index in [2.05, 4.69) is 25.8 Å². The van der Waals surface area contributed by atoms with Crippen LogP contribution in [-0.2, 0) is 19.0 Å². The van der Waals surface area contributed by atoms with E-state index in [9.17, 15) is 14.7 Å². The highest BCUT2D eigenvalue weighted by molar-refractivity contribution is 6.03. The lowest BCUT2D eigenvalue weighted by atomic mass is 9.59. The van der Waals surface area contributed by atoms with Crippen LogP contribution in [0.4, 0.5) is 0 Å². The summed E-state index contributed by atoms with van der Waals surface area (Å²) in [4.78, 5) is 33.0. The third-order valence-corrected chi connectivity index (χ3v) is 10.8. The van der Waals surface area contributed by atoms with E-state index in [4.69, 9.17) is 14.2 Å². The third kappa shape index (κ3) is 3.20. The normalized spacial score (nSPS) is 40.5. The lowest BCUT2D eigenvalue weighted by Crippen LogP contribution is -2.68. The van der Waals surface area contributed by atoms with E-state index in [1.165, 1.54) is 0 Å². The molecule has 1 N–H and O–H groups in total. The van der Waals surface area contributed by atoms with Gasteiger partial charge in [-0.05, 0) is 73.0 Å². The second-order valence-electron chi connectivity index (χ2n) is 13.7. The van der Waals surface area contributed by atoms with Crippen LogP contribution in [0.5, 0.6) is 0 Å². The average molecular weight is 544 g/mol. The molecule has 40 heavy (non-hydrogen) atoms. The number of Topliss-reactive ketones (excluding diaryl/α,β-unsaturated/α-hetero) is 1. The lowest BCUT2D eigenvalue weighted by Gasteiger charge is -2.52. The summed E-state index contributed by atoms with van der Waals surface area (Å²) in [6.45, 7) is 12.2. The number of benzene rings is 1. The molecule has 2 saturated carbocycles. The van der Waals surface area contributed by atoms with Gasteiger partial charge in [-0.15, -0.1) is 0 Å². The van der Waals surface area contributed by atoms with Crippen molar-refractivity contribution in [1.82, 2.24) is 4.98 Å². The largest absolute Gasteiger partial charge is 0.450 e. The number of carbonyl (C=O) groups is 2. The van der Waals surface area contributed by atoms with Gasteiger partial charge < -0.3 is 19.3 Å². The fourth-order valence-electron chi connectivity index (χ4n) is 8.74. The number of allylic oxidation sites excluding steroid dienone is 1. The zero-order chi connectivity index (χ0) is 28.4. The molecule has 1 saturated heterocycles. The molecule has 210 valence electrons. The molecule has 0 radical (unpaired) electrons. The summed E-state index contributed by atoms with van der Waals surface area (Å²) in [5, 5.41) is 14.7. The van der Waals surface area contributed by atoms with Gasteiger partial charge in [-0.25, -0.2) is 9.78 Å². The number of hydrogen-bond acceptors (Lipinski definition) is 7. The number of ketones is 1. The monoisotopic (exact) mass is 543 g/mol. The van der Waals surface area contributed by atoms with Crippen molar-refractivity contribution in [2.24, 2.45) is 34.5 Å². The van der Waals surface area contributed by atoms with Gasteiger partial charge in [0.2, 0.25) is 0 Å². The van der Waals surface area contributed by atoms with Gasteiger partial charge in [0.25, 0.3) is 0 Å². The second kappa shape index (κ2) is 8.11. The Morgan fingerprint density at radius 3 is 2.67 bits per heavy atom. The first-order chi connectivity index (χ1) is 18.8. The number of carbonyl (C=O) groups excluding carboxylic acids is 2. The summed E-state index contributed by atoms with van der Waals surface area (Å²) < 4.78 is 18.8. The Hall–Kier alpha value is -2.87.